The van der Waals surface area contributed by atoms with Crippen molar-refractivity contribution >= 4 is 24.1 Å². The maximum absolute atomic E-state index is 12.9. The third-order valence-corrected chi connectivity index (χ3v) is 6.44. The highest BCUT2D eigenvalue weighted by molar-refractivity contribution is 5.94. The van der Waals surface area contributed by atoms with Gasteiger partial charge >= 0.3 is 0 Å². The number of halogens is 1. The van der Waals surface area contributed by atoms with Crippen molar-refractivity contribution in [3.05, 3.63) is 76.9 Å². The van der Waals surface area contributed by atoms with Crippen LogP contribution in [0.5, 0.6) is 0 Å². The molecule has 0 atom stereocenters. The van der Waals surface area contributed by atoms with Gasteiger partial charge in [-0.15, -0.1) is 22.6 Å². The summed E-state index contributed by atoms with van der Waals surface area (Å²) in [7, 11) is 1.87. The number of benzene rings is 2. The van der Waals surface area contributed by atoms with Crippen LogP contribution in [0.15, 0.2) is 54.6 Å². The summed E-state index contributed by atoms with van der Waals surface area (Å²) in [4.78, 5) is 17.0. The molecule has 0 saturated carbocycles. The number of rotatable bonds is 4. The molecular weight excluding hydrogens is 434 g/mol. The van der Waals surface area contributed by atoms with Crippen molar-refractivity contribution in [2.24, 2.45) is 0 Å². The molecule has 1 amide bonds. The molecule has 6 nitrogen and oxygen atoms in total. The van der Waals surface area contributed by atoms with Crippen molar-refractivity contribution in [1.82, 2.24) is 15.1 Å². The number of hydrogen-bond acceptors (Lipinski definition) is 5. The fraction of sp³-hybridized carbons (Fsp3) is 0.308. The molecule has 2 aromatic carbocycles. The summed E-state index contributed by atoms with van der Waals surface area (Å²) in [6, 6.07) is 19.2. The molecule has 3 aromatic rings. The van der Waals surface area contributed by atoms with Crippen LogP contribution < -0.4 is 4.90 Å². The zero-order valence-corrected chi connectivity index (χ0v) is 20.0. The lowest BCUT2D eigenvalue weighted by atomic mass is 10.00. The number of carbonyl (C=O) groups excluding carboxylic acids is 1. The molecule has 1 fully saturated rings. The van der Waals surface area contributed by atoms with Gasteiger partial charge in [0.15, 0.2) is 5.82 Å². The van der Waals surface area contributed by atoms with Crippen molar-refractivity contribution in [3.8, 4) is 17.3 Å². The molecule has 1 aromatic heterocycles. The minimum atomic E-state index is -0.00743. The number of carbonyl (C=O) groups is 1. The van der Waals surface area contributed by atoms with E-state index < -0.39 is 0 Å². The Bertz CT molecular complexity index is 1150. The van der Waals surface area contributed by atoms with E-state index >= 15 is 0 Å². The van der Waals surface area contributed by atoms with E-state index in [1.54, 1.807) is 24.3 Å². The van der Waals surface area contributed by atoms with E-state index in [2.05, 4.69) is 47.1 Å². The Morgan fingerprint density at radius 1 is 1.00 bits per heavy atom. The van der Waals surface area contributed by atoms with Crippen LogP contribution in [0.3, 0.4) is 0 Å². The number of hydrogen-bond donors (Lipinski definition) is 0. The predicted octanol–water partition coefficient (Wildman–Crippen LogP) is 4.79. The largest absolute Gasteiger partial charge is 0.355 e. The van der Waals surface area contributed by atoms with Gasteiger partial charge in [0.05, 0.1) is 17.3 Å². The summed E-state index contributed by atoms with van der Waals surface area (Å²) in [6.07, 6.45) is 1.75. The zero-order chi connectivity index (χ0) is 22.7. The number of piperidine rings is 1. The van der Waals surface area contributed by atoms with Gasteiger partial charge in [0.2, 0.25) is 0 Å². The van der Waals surface area contributed by atoms with E-state index in [0.717, 1.165) is 54.1 Å². The standard InChI is InChI=1S/C26H27N5O.ClH/c1-18-19(2)25(29-28-24(18)21-7-5-4-6-8-21)31-15-13-23(14-16-31)30(3)26(32)22-11-9-20(17-27)10-12-22;/h4-12,23H,13-16H2,1-3H3;1H. The topological polar surface area (TPSA) is 73.1 Å². The lowest BCUT2D eigenvalue weighted by molar-refractivity contribution is 0.0709. The van der Waals surface area contributed by atoms with Crippen molar-refractivity contribution in [1.29, 1.82) is 5.26 Å². The monoisotopic (exact) mass is 461 g/mol. The van der Waals surface area contributed by atoms with Gasteiger partial charge in [-0.1, -0.05) is 30.3 Å². The fourth-order valence-electron chi connectivity index (χ4n) is 4.29. The maximum Gasteiger partial charge on any atom is 0.253 e. The lowest BCUT2D eigenvalue weighted by Crippen LogP contribution is -2.46. The number of aromatic nitrogens is 2. The predicted molar refractivity (Wildman–Crippen MR) is 133 cm³/mol. The number of amides is 1. The quantitative estimate of drug-likeness (QED) is 0.558. The fourth-order valence-corrected chi connectivity index (χ4v) is 4.29. The average Bonchev–Trinajstić information content (AvgIpc) is 2.85. The summed E-state index contributed by atoms with van der Waals surface area (Å²) in [5, 5.41) is 18.1. The molecule has 4 rings (SSSR count). The van der Waals surface area contributed by atoms with E-state index in [-0.39, 0.29) is 24.4 Å². The second-order valence-corrected chi connectivity index (χ2v) is 8.31. The van der Waals surface area contributed by atoms with E-state index in [1.165, 1.54) is 0 Å². The van der Waals surface area contributed by atoms with Gasteiger partial charge in [-0.25, -0.2) is 0 Å². The first-order valence-electron chi connectivity index (χ1n) is 10.9. The first kappa shape index (κ1) is 24.2. The molecule has 1 saturated heterocycles. The molecule has 33 heavy (non-hydrogen) atoms. The molecule has 0 unspecified atom stereocenters. The second kappa shape index (κ2) is 10.5. The van der Waals surface area contributed by atoms with Crippen LogP contribution in [0, 0.1) is 25.2 Å². The summed E-state index contributed by atoms with van der Waals surface area (Å²) in [5.74, 6) is 0.925. The van der Waals surface area contributed by atoms with Crippen LogP contribution in [0.4, 0.5) is 5.82 Å². The Labute approximate surface area is 201 Å². The summed E-state index contributed by atoms with van der Waals surface area (Å²) in [5.41, 5.74) is 5.48. The number of nitriles is 1. The molecule has 7 heteroatoms. The molecule has 0 bridgehead atoms. The maximum atomic E-state index is 12.9. The van der Waals surface area contributed by atoms with Crippen LogP contribution in [0.1, 0.15) is 39.9 Å². The van der Waals surface area contributed by atoms with Crippen LogP contribution in [-0.2, 0) is 0 Å². The molecule has 0 aliphatic carbocycles. The Hall–Kier alpha value is -3.43. The molecule has 0 radical (unpaired) electrons. The van der Waals surface area contributed by atoms with Gasteiger partial charge < -0.3 is 9.80 Å². The summed E-state index contributed by atoms with van der Waals surface area (Å²) >= 11 is 0. The minimum Gasteiger partial charge on any atom is -0.355 e. The highest BCUT2D eigenvalue weighted by atomic mass is 35.5. The molecule has 1 aliphatic heterocycles. The Balaban J connectivity index is 0.00000306. The summed E-state index contributed by atoms with van der Waals surface area (Å²) < 4.78 is 0. The molecule has 170 valence electrons. The smallest absolute Gasteiger partial charge is 0.253 e. The van der Waals surface area contributed by atoms with Crippen LogP contribution >= 0.6 is 12.4 Å². The molecule has 1 aliphatic rings. The summed E-state index contributed by atoms with van der Waals surface area (Å²) in [6.45, 7) is 5.87. The average molecular weight is 462 g/mol. The van der Waals surface area contributed by atoms with Crippen molar-refractivity contribution in [2.45, 2.75) is 32.7 Å². The van der Waals surface area contributed by atoms with Gasteiger partial charge in [-0.3, -0.25) is 4.79 Å². The molecule has 0 spiro atoms. The Morgan fingerprint density at radius 3 is 2.24 bits per heavy atom. The first-order valence-corrected chi connectivity index (χ1v) is 10.9. The number of anilines is 1. The van der Waals surface area contributed by atoms with Gasteiger partial charge in [-0.05, 0) is 62.1 Å². The van der Waals surface area contributed by atoms with E-state index in [1.807, 2.05) is 30.1 Å². The zero-order valence-electron chi connectivity index (χ0n) is 19.2. The van der Waals surface area contributed by atoms with Gasteiger partial charge in [0, 0.05) is 37.3 Å². The molecule has 2 heterocycles. The van der Waals surface area contributed by atoms with Crippen molar-refractivity contribution in [2.75, 3.05) is 25.0 Å². The van der Waals surface area contributed by atoms with Crippen molar-refractivity contribution < 1.29 is 4.79 Å². The Morgan fingerprint density at radius 2 is 1.64 bits per heavy atom. The minimum absolute atomic E-state index is 0. The lowest BCUT2D eigenvalue weighted by Gasteiger charge is -2.37. The van der Waals surface area contributed by atoms with E-state index in [9.17, 15) is 4.79 Å². The normalized spacial score (nSPS) is 13.7. The van der Waals surface area contributed by atoms with Gasteiger partial charge in [0.1, 0.15) is 0 Å². The van der Waals surface area contributed by atoms with Crippen LogP contribution in [0.2, 0.25) is 0 Å². The number of nitrogens with zero attached hydrogens (tertiary/aromatic N) is 5. The Kier molecular flexibility index (Phi) is 7.67. The molecular formula is C26H28ClN5O. The first-order chi connectivity index (χ1) is 15.5. The van der Waals surface area contributed by atoms with E-state index in [0.29, 0.717) is 11.1 Å². The SMILES string of the molecule is Cc1c(-c2ccccc2)nnc(N2CCC(N(C)C(=O)c3ccc(C#N)cc3)CC2)c1C.Cl. The highest BCUT2D eigenvalue weighted by Gasteiger charge is 2.28. The third kappa shape index (κ3) is 4.99. The third-order valence-electron chi connectivity index (χ3n) is 6.44. The van der Waals surface area contributed by atoms with Crippen LogP contribution in [0.25, 0.3) is 11.3 Å². The molecule has 0 N–H and O–H groups in total. The van der Waals surface area contributed by atoms with Gasteiger partial charge in [-0.2, -0.15) is 5.26 Å². The van der Waals surface area contributed by atoms with E-state index in [4.69, 9.17) is 5.26 Å². The van der Waals surface area contributed by atoms with Crippen molar-refractivity contribution in [3.63, 3.8) is 0 Å². The highest BCUT2D eigenvalue weighted by Crippen LogP contribution is 2.29. The second-order valence-electron chi connectivity index (χ2n) is 8.31. The van der Waals surface area contributed by atoms with Crippen LogP contribution in [-0.4, -0.2) is 47.2 Å². The van der Waals surface area contributed by atoms with Gasteiger partial charge in [0.25, 0.3) is 5.91 Å².